The Bertz CT molecular complexity index is 698. The Morgan fingerprint density at radius 2 is 1.66 bits per heavy atom. The maximum absolute atomic E-state index is 12.8. The van der Waals surface area contributed by atoms with E-state index in [0.29, 0.717) is 25.0 Å². The Morgan fingerprint density at radius 3 is 2.19 bits per heavy atom. The number of carbonyl (C=O) groups excluding carboxylic acids is 1. The highest BCUT2D eigenvalue weighted by molar-refractivity contribution is 7.91. The van der Waals surface area contributed by atoms with Crippen LogP contribution in [0.5, 0.6) is 0 Å². The largest absolute Gasteiger partial charge is 0.616 e. The fourth-order valence-corrected chi connectivity index (χ4v) is 5.14. The van der Waals surface area contributed by atoms with Crippen LogP contribution in [0.1, 0.15) is 76.7 Å². The van der Waals surface area contributed by atoms with Crippen molar-refractivity contribution in [1.29, 1.82) is 0 Å². The lowest BCUT2D eigenvalue weighted by molar-refractivity contribution is -0.137. The number of hydrogen-bond acceptors (Lipinski definition) is 3. The summed E-state index contributed by atoms with van der Waals surface area (Å²) in [5.74, 6) is -0.557. The van der Waals surface area contributed by atoms with Crippen LogP contribution in [0.4, 0.5) is 18.9 Å². The van der Waals surface area contributed by atoms with E-state index >= 15 is 0 Å². The molecule has 0 aliphatic rings. The number of amides is 1. The van der Waals surface area contributed by atoms with Gasteiger partial charge in [0, 0.05) is 6.42 Å². The minimum absolute atomic E-state index is 0.0329. The number of unbranched alkanes of at least 4 members (excludes halogenated alkanes) is 5. The second-order valence-electron chi connectivity index (χ2n) is 7.94. The van der Waals surface area contributed by atoms with E-state index in [4.69, 9.17) is 28.9 Å². The van der Waals surface area contributed by atoms with Crippen LogP contribution >= 0.6 is 23.2 Å². The summed E-state index contributed by atoms with van der Waals surface area (Å²) in [5.41, 5.74) is 5.07. The molecule has 3 unspecified atom stereocenters. The molecule has 32 heavy (non-hydrogen) atoms. The van der Waals surface area contributed by atoms with Gasteiger partial charge in [0.05, 0.1) is 27.9 Å². The second-order valence-corrected chi connectivity index (χ2v) is 10.4. The van der Waals surface area contributed by atoms with E-state index in [-0.39, 0.29) is 33.4 Å². The molecule has 0 aromatic heterocycles. The average molecular weight is 516 g/mol. The summed E-state index contributed by atoms with van der Waals surface area (Å²) in [6, 6.07) is 1.17. The van der Waals surface area contributed by atoms with Gasteiger partial charge < -0.3 is 10.3 Å². The Labute approximate surface area is 202 Å². The van der Waals surface area contributed by atoms with Gasteiger partial charge in [0.15, 0.2) is 0 Å². The third kappa shape index (κ3) is 10.5. The third-order valence-corrected chi connectivity index (χ3v) is 7.27. The summed E-state index contributed by atoms with van der Waals surface area (Å²) < 4.78 is 50.6. The summed E-state index contributed by atoms with van der Waals surface area (Å²) in [5, 5.41) is 2.87. The number of carbonyl (C=O) groups is 1. The first-order valence-corrected chi connectivity index (χ1v) is 13.2. The van der Waals surface area contributed by atoms with Crippen molar-refractivity contribution in [3.05, 3.63) is 27.7 Å². The number of nitrogens with zero attached hydrogens (tertiary/aromatic N) is 1. The zero-order valence-electron chi connectivity index (χ0n) is 18.5. The van der Waals surface area contributed by atoms with Gasteiger partial charge in [-0.1, -0.05) is 79.8 Å². The van der Waals surface area contributed by atoms with Gasteiger partial charge in [0.2, 0.25) is 5.91 Å². The van der Waals surface area contributed by atoms with E-state index in [2.05, 4.69) is 12.2 Å². The van der Waals surface area contributed by atoms with Gasteiger partial charge in [0.25, 0.3) is 0 Å². The molecule has 0 bridgehead atoms. The zero-order chi connectivity index (χ0) is 24.3. The molecule has 1 radical (unpaired) electrons. The van der Waals surface area contributed by atoms with Crippen LogP contribution in [0.2, 0.25) is 10.0 Å². The molecule has 0 aliphatic heterocycles. The monoisotopic (exact) mass is 515 g/mol. The molecule has 0 saturated carbocycles. The normalized spacial score (nSPS) is 14.8. The lowest BCUT2D eigenvalue weighted by Crippen LogP contribution is -2.40. The fourth-order valence-electron chi connectivity index (χ4n) is 3.44. The van der Waals surface area contributed by atoms with Crippen LogP contribution in [0.25, 0.3) is 0 Å². The standard InChI is InChI=1S/C22H32Cl2F3N2O2S/c1-3-4-5-6-7-8-10-18(28)19(32(2)31)11-9-12-20(30)29-21-16(23)13-15(14-17(21)24)22(25,26)27/h13-14,18-19H,3-12,28H2,1-2H3. The minimum atomic E-state index is -4.60. The minimum Gasteiger partial charge on any atom is -0.616 e. The molecule has 0 saturated heterocycles. The number of rotatable bonds is 14. The molecule has 0 heterocycles. The maximum atomic E-state index is 12.8. The van der Waals surface area contributed by atoms with Crippen molar-refractivity contribution in [1.82, 2.24) is 5.32 Å². The molecule has 0 aliphatic carbocycles. The van der Waals surface area contributed by atoms with E-state index < -0.39 is 28.8 Å². The molecular weight excluding hydrogens is 484 g/mol. The molecule has 10 heteroatoms. The molecule has 4 nitrogen and oxygen atoms in total. The van der Waals surface area contributed by atoms with Crippen LogP contribution in [0.15, 0.2) is 12.1 Å². The van der Waals surface area contributed by atoms with Crippen molar-refractivity contribution < 1.29 is 22.5 Å². The Hall–Kier alpha value is -0.670. The maximum Gasteiger partial charge on any atom is 0.416 e. The van der Waals surface area contributed by atoms with E-state index in [1.165, 1.54) is 25.7 Å². The molecule has 3 atom stereocenters. The lowest BCUT2D eigenvalue weighted by atomic mass is 10.0. The number of nitrogens with two attached hydrogens (primary N) is 1. The zero-order valence-corrected chi connectivity index (χ0v) is 20.8. The van der Waals surface area contributed by atoms with E-state index in [1.54, 1.807) is 6.26 Å². The second kappa shape index (κ2) is 14.6. The first kappa shape index (κ1) is 29.4. The highest BCUT2D eigenvalue weighted by atomic mass is 35.5. The van der Waals surface area contributed by atoms with Crippen LogP contribution in [-0.4, -0.2) is 28.0 Å². The van der Waals surface area contributed by atoms with Crippen molar-refractivity contribution in [2.75, 3.05) is 6.26 Å². The van der Waals surface area contributed by atoms with E-state index in [0.717, 1.165) is 19.3 Å². The number of benzene rings is 1. The van der Waals surface area contributed by atoms with Crippen LogP contribution in [0, 0.1) is 0 Å². The van der Waals surface area contributed by atoms with Crippen molar-refractivity contribution in [3.8, 4) is 0 Å². The highest BCUT2D eigenvalue weighted by Crippen LogP contribution is 2.38. The summed E-state index contributed by atoms with van der Waals surface area (Å²) in [6.07, 6.45) is 5.63. The van der Waals surface area contributed by atoms with Crippen molar-refractivity contribution in [2.45, 2.75) is 88.6 Å². The first-order valence-electron chi connectivity index (χ1n) is 10.9. The van der Waals surface area contributed by atoms with Crippen molar-refractivity contribution in [3.63, 3.8) is 0 Å². The molecule has 183 valence electrons. The first-order chi connectivity index (χ1) is 15.0. The molecule has 1 amide bonds. The van der Waals surface area contributed by atoms with Crippen LogP contribution in [-0.2, 0) is 22.1 Å². The third-order valence-electron chi connectivity index (χ3n) is 5.25. The number of hydrogen-bond donors (Lipinski definition) is 1. The topological polar surface area (TPSA) is 80.2 Å². The average Bonchev–Trinajstić information content (AvgIpc) is 2.69. The summed E-state index contributed by atoms with van der Waals surface area (Å²) in [4.78, 5) is 12.2. The molecule has 0 spiro atoms. The molecule has 1 aromatic carbocycles. The predicted octanol–water partition coefficient (Wildman–Crippen LogP) is 6.77. The Balaban J connectivity index is 2.52. The Kier molecular flexibility index (Phi) is 13.4. The van der Waals surface area contributed by atoms with Crippen molar-refractivity contribution in [2.24, 2.45) is 5.73 Å². The summed E-state index contributed by atoms with van der Waals surface area (Å²) >= 11 is 10.6. The van der Waals surface area contributed by atoms with E-state index in [1.807, 2.05) is 0 Å². The van der Waals surface area contributed by atoms with Gasteiger partial charge in [0.1, 0.15) is 10.9 Å². The quantitative estimate of drug-likeness (QED) is 0.219. The Morgan fingerprint density at radius 1 is 1.09 bits per heavy atom. The van der Waals surface area contributed by atoms with E-state index in [9.17, 15) is 22.5 Å². The molecule has 1 rings (SSSR count). The van der Waals surface area contributed by atoms with Gasteiger partial charge in [-0.15, -0.1) is 0 Å². The highest BCUT2D eigenvalue weighted by Gasteiger charge is 2.32. The van der Waals surface area contributed by atoms with Crippen molar-refractivity contribution >= 4 is 46.0 Å². The molecular formula is C22H32Cl2F3N2O2S. The smallest absolute Gasteiger partial charge is 0.416 e. The number of halogens is 5. The van der Waals surface area contributed by atoms with Crippen LogP contribution < -0.4 is 11.1 Å². The SMILES string of the molecule is CCCCCCCCC(N)C(CCCC(=O)[N]c1c(Cl)cc(C(F)(F)F)cc1Cl)[S+](C)[O-]. The van der Waals surface area contributed by atoms with Gasteiger partial charge in [-0.05, 0) is 31.4 Å². The van der Waals surface area contributed by atoms with Gasteiger partial charge in [-0.3, -0.25) is 4.79 Å². The number of alkyl halides is 3. The summed E-state index contributed by atoms with van der Waals surface area (Å²) in [6.45, 7) is 2.17. The predicted molar refractivity (Wildman–Crippen MR) is 126 cm³/mol. The summed E-state index contributed by atoms with van der Waals surface area (Å²) in [7, 11) is 0. The van der Waals surface area contributed by atoms with Gasteiger partial charge in [-0.2, -0.15) is 13.2 Å². The van der Waals surface area contributed by atoms with Gasteiger partial charge >= 0.3 is 6.18 Å². The fraction of sp³-hybridized carbons (Fsp3) is 0.682. The lowest BCUT2D eigenvalue weighted by Gasteiger charge is -2.24. The molecule has 1 aromatic rings. The van der Waals surface area contributed by atoms with Crippen LogP contribution in [0.3, 0.4) is 0 Å². The van der Waals surface area contributed by atoms with Gasteiger partial charge in [-0.25, -0.2) is 5.32 Å². The molecule has 0 fully saturated rings. The molecule has 2 N–H and O–H groups in total.